The molecule has 2 aromatic heterocycles. The van der Waals surface area contributed by atoms with Crippen LogP contribution in [0.2, 0.25) is 0 Å². The molecule has 16 heavy (non-hydrogen) atoms. The van der Waals surface area contributed by atoms with Crippen molar-refractivity contribution in [3.8, 4) is 0 Å². The van der Waals surface area contributed by atoms with Gasteiger partial charge in [-0.1, -0.05) is 13.0 Å². The minimum atomic E-state index is 0.148. The monoisotopic (exact) mass is 215 g/mol. The summed E-state index contributed by atoms with van der Waals surface area (Å²) >= 11 is 0. The Hall–Kier alpha value is -1.61. The highest BCUT2D eigenvalue weighted by atomic mass is 14.9. The molecule has 1 unspecified atom stereocenters. The van der Waals surface area contributed by atoms with Crippen molar-refractivity contribution in [2.24, 2.45) is 5.73 Å². The van der Waals surface area contributed by atoms with Crippen molar-refractivity contribution in [3.05, 3.63) is 54.1 Å². The molecule has 2 aromatic rings. The van der Waals surface area contributed by atoms with E-state index in [2.05, 4.69) is 41.0 Å². The van der Waals surface area contributed by atoms with E-state index < -0.39 is 0 Å². The van der Waals surface area contributed by atoms with E-state index in [1.807, 2.05) is 12.3 Å². The van der Waals surface area contributed by atoms with E-state index in [4.69, 9.17) is 5.73 Å². The molecular formula is C13H17N3. The van der Waals surface area contributed by atoms with E-state index in [9.17, 15) is 0 Å². The van der Waals surface area contributed by atoms with Gasteiger partial charge in [-0.3, -0.25) is 4.98 Å². The predicted molar refractivity (Wildman–Crippen MR) is 65.0 cm³/mol. The van der Waals surface area contributed by atoms with Gasteiger partial charge in [0.05, 0.1) is 0 Å². The van der Waals surface area contributed by atoms with Crippen LogP contribution in [0.4, 0.5) is 0 Å². The number of nitrogens with zero attached hydrogens (tertiary/aromatic N) is 2. The Morgan fingerprint density at radius 2 is 2.31 bits per heavy atom. The van der Waals surface area contributed by atoms with Crippen molar-refractivity contribution in [1.29, 1.82) is 0 Å². The summed E-state index contributed by atoms with van der Waals surface area (Å²) in [5.74, 6) is 0. The Labute approximate surface area is 95.9 Å². The summed E-state index contributed by atoms with van der Waals surface area (Å²) < 4.78 is 2.14. The Morgan fingerprint density at radius 1 is 1.44 bits per heavy atom. The predicted octanol–water partition coefficient (Wildman–Crippen LogP) is 2.34. The summed E-state index contributed by atoms with van der Waals surface area (Å²) in [5.41, 5.74) is 8.38. The SMILES string of the molecule is CCC(N)c1ccn(Cc2cccnc2)c1. The van der Waals surface area contributed by atoms with Gasteiger partial charge in [0.1, 0.15) is 0 Å². The zero-order chi connectivity index (χ0) is 11.4. The second-order valence-electron chi connectivity index (χ2n) is 3.99. The number of rotatable bonds is 4. The topological polar surface area (TPSA) is 43.8 Å². The zero-order valence-corrected chi connectivity index (χ0v) is 9.50. The highest BCUT2D eigenvalue weighted by Crippen LogP contribution is 2.14. The average molecular weight is 215 g/mol. The smallest absolute Gasteiger partial charge is 0.0485 e. The fraction of sp³-hybridized carbons (Fsp3) is 0.308. The normalized spacial score (nSPS) is 12.6. The van der Waals surface area contributed by atoms with Crippen molar-refractivity contribution < 1.29 is 0 Å². The molecule has 0 aromatic carbocycles. The molecule has 2 N–H and O–H groups in total. The van der Waals surface area contributed by atoms with Crippen LogP contribution in [-0.2, 0) is 6.54 Å². The number of hydrogen-bond donors (Lipinski definition) is 1. The minimum absolute atomic E-state index is 0.148. The number of pyridine rings is 1. The first kappa shape index (κ1) is 10.9. The van der Waals surface area contributed by atoms with Crippen LogP contribution in [0, 0.1) is 0 Å². The van der Waals surface area contributed by atoms with Gasteiger partial charge in [-0.25, -0.2) is 0 Å². The summed E-state index contributed by atoms with van der Waals surface area (Å²) in [4.78, 5) is 4.10. The molecule has 0 saturated carbocycles. The van der Waals surface area contributed by atoms with Crippen molar-refractivity contribution in [2.45, 2.75) is 25.9 Å². The Kier molecular flexibility index (Phi) is 3.37. The van der Waals surface area contributed by atoms with Gasteiger partial charge in [-0.05, 0) is 29.7 Å². The molecule has 0 radical (unpaired) electrons. The largest absolute Gasteiger partial charge is 0.350 e. The zero-order valence-electron chi connectivity index (χ0n) is 9.50. The van der Waals surface area contributed by atoms with Crippen LogP contribution in [0.3, 0.4) is 0 Å². The third-order valence-corrected chi connectivity index (χ3v) is 2.73. The van der Waals surface area contributed by atoms with Gasteiger partial charge in [0, 0.05) is 37.4 Å². The lowest BCUT2D eigenvalue weighted by atomic mass is 10.1. The van der Waals surface area contributed by atoms with Crippen molar-refractivity contribution in [1.82, 2.24) is 9.55 Å². The van der Waals surface area contributed by atoms with Gasteiger partial charge in [0.2, 0.25) is 0 Å². The summed E-state index contributed by atoms with van der Waals surface area (Å²) in [5, 5.41) is 0. The lowest BCUT2D eigenvalue weighted by Crippen LogP contribution is -2.07. The summed E-state index contributed by atoms with van der Waals surface area (Å²) in [6, 6.07) is 6.27. The van der Waals surface area contributed by atoms with Crippen LogP contribution >= 0.6 is 0 Å². The maximum Gasteiger partial charge on any atom is 0.0485 e. The molecule has 84 valence electrons. The van der Waals surface area contributed by atoms with Crippen LogP contribution in [0.1, 0.15) is 30.5 Å². The lowest BCUT2D eigenvalue weighted by molar-refractivity contribution is 0.692. The molecule has 0 fully saturated rings. The molecule has 0 aliphatic rings. The third kappa shape index (κ3) is 2.49. The molecule has 0 bridgehead atoms. The molecule has 0 aliphatic heterocycles. The first-order chi connectivity index (χ1) is 7.79. The van der Waals surface area contributed by atoms with E-state index in [1.54, 1.807) is 6.20 Å². The van der Waals surface area contributed by atoms with E-state index in [0.717, 1.165) is 13.0 Å². The Balaban J connectivity index is 2.09. The summed E-state index contributed by atoms with van der Waals surface area (Å²) in [6.07, 6.45) is 8.83. The number of aromatic nitrogens is 2. The van der Waals surface area contributed by atoms with Crippen LogP contribution in [0.5, 0.6) is 0 Å². The van der Waals surface area contributed by atoms with Crippen molar-refractivity contribution >= 4 is 0 Å². The quantitative estimate of drug-likeness (QED) is 0.850. The molecule has 1 atom stereocenters. The molecule has 2 rings (SSSR count). The fourth-order valence-corrected chi connectivity index (χ4v) is 1.72. The fourth-order valence-electron chi connectivity index (χ4n) is 1.72. The van der Waals surface area contributed by atoms with E-state index in [0.29, 0.717) is 0 Å². The van der Waals surface area contributed by atoms with Crippen LogP contribution in [0.25, 0.3) is 0 Å². The lowest BCUT2D eigenvalue weighted by Gasteiger charge is -2.05. The standard InChI is InChI=1S/C13H17N3/c1-2-13(14)12-5-7-16(10-12)9-11-4-3-6-15-8-11/h3-8,10,13H,2,9,14H2,1H3. The molecule has 3 nitrogen and oxygen atoms in total. The van der Waals surface area contributed by atoms with Gasteiger partial charge in [0.15, 0.2) is 0 Å². The Morgan fingerprint density at radius 3 is 3.00 bits per heavy atom. The van der Waals surface area contributed by atoms with Gasteiger partial charge in [-0.2, -0.15) is 0 Å². The minimum Gasteiger partial charge on any atom is -0.350 e. The molecule has 0 spiro atoms. The van der Waals surface area contributed by atoms with Crippen LogP contribution in [-0.4, -0.2) is 9.55 Å². The van der Waals surface area contributed by atoms with Crippen molar-refractivity contribution in [2.75, 3.05) is 0 Å². The molecule has 0 saturated heterocycles. The van der Waals surface area contributed by atoms with E-state index >= 15 is 0 Å². The maximum atomic E-state index is 5.98. The van der Waals surface area contributed by atoms with Crippen LogP contribution in [0.15, 0.2) is 43.0 Å². The first-order valence-electron chi connectivity index (χ1n) is 5.59. The summed E-state index contributed by atoms with van der Waals surface area (Å²) in [6.45, 7) is 2.95. The third-order valence-electron chi connectivity index (χ3n) is 2.73. The average Bonchev–Trinajstić information content (AvgIpc) is 2.78. The highest BCUT2D eigenvalue weighted by molar-refractivity contribution is 5.17. The molecule has 3 heteroatoms. The van der Waals surface area contributed by atoms with Gasteiger partial charge in [-0.15, -0.1) is 0 Å². The van der Waals surface area contributed by atoms with E-state index in [-0.39, 0.29) is 6.04 Å². The van der Waals surface area contributed by atoms with Gasteiger partial charge in [0.25, 0.3) is 0 Å². The van der Waals surface area contributed by atoms with Crippen molar-refractivity contribution in [3.63, 3.8) is 0 Å². The number of nitrogens with two attached hydrogens (primary N) is 1. The Bertz CT molecular complexity index is 433. The van der Waals surface area contributed by atoms with Gasteiger partial charge < -0.3 is 10.3 Å². The molecule has 2 heterocycles. The summed E-state index contributed by atoms with van der Waals surface area (Å²) in [7, 11) is 0. The second kappa shape index (κ2) is 4.94. The van der Waals surface area contributed by atoms with E-state index in [1.165, 1.54) is 11.1 Å². The van der Waals surface area contributed by atoms with Crippen LogP contribution < -0.4 is 5.73 Å². The molecular weight excluding hydrogens is 198 g/mol. The van der Waals surface area contributed by atoms with Gasteiger partial charge >= 0.3 is 0 Å². The molecule has 0 amide bonds. The second-order valence-corrected chi connectivity index (χ2v) is 3.99. The number of hydrogen-bond acceptors (Lipinski definition) is 2. The maximum absolute atomic E-state index is 5.98. The molecule has 0 aliphatic carbocycles. The first-order valence-corrected chi connectivity index (χ1v) is 5.59. The highest BCUT2D eigenvalue weighted by Gasteiger charge is 2.04.